The van der Waals surface area contributed by atoms with E-state index in [0.717, 1.165) is 17.1 Å². The minimum Gasteiger partial charge on any atom is -0.477 e. The van der Waals surface area contributed by atoms with Gasteiger partial charge in [-0.25, -0.2) is 4.79 Å². The summed E-state index contributed by atoms with van der Waals surface area (Å²) in [6.07, 6.45) is 0. The zero-order chi connectivity index (χ0) is 12.1. The van der Waals surface area contributed by atoms with Gasteiger partial charge in [-0.05, 0) is 22.6 Å². The fraction of sp³-hybridized carbons (Fsp3) is 0.154. The van der Waals surface area contributed by atoms with Crippen molar-refractivity contribution in [1.82, 2.24) is 0 Å². The second kappa shape index (κ2) is 5.89. The smallest absolute Gasteiger partial charge is 0.346 e. The molecule has 1 N–H and O–H groups in total. The fourth-order valence-electron chi connectivity index (χ4n) is 1.49. The molecule has 2 aromatic rings. The van der Waals surface area contributed by atoms with Crippen LogP contribution in [-0.4, -0.2) is 11.1 Å². The summed E-state index contributed by atoms with van der Waals surface area (Å²) < 4.78 is 0. The summed E-state index contributed by atoms with van der Waals surface area (Å²) in [7, 11) is 0. The first-order valence-corrected chi connectivity index (χ1v) is 7.22. The first-order chi connectivity index (χ1) is 8.27. The van der Waals surface area contributed by atoms with Crippen molar-refractivity contribution < 1.29 is 9.90 Å². The zero-order valence-corrected chi connectivity index (χ0v) is 10.8. The number of hydrogen-bond acceptors (Lipinski definition) is 3. The van der Waals surface area contributed by atoms with Crippen molar-refractivity contribution in [2.24, 2.45) is 0 Å². The van der Waals surface area contributed by atoms with Gasteiger partial charge in [0, 0.05) is 11.5 Å². The van der Waals surface area contributed by atoms with Crippen LogP contribution in [0.25, 0.3) is 0 Å². The van der Waals surface area contributed by atoms with Gasteiger partial charge in [-0.3, -0.25) is 0 Å². The number of hydrogen-bond donors (Lipinski definition) is 1. The number of thioether (sulfide) groups is 1. The van der Waals surface area contributed by atoms with E-state index >= 15 is 0 Å². The molecule has 0 aliphatic carbocycles. The number of benzene rings is 1. The number of thiophene rings is 1. The van der Waals surface area contributed by atoms with Crippen molar-refractivity contribution in [3.63, 3.8) is 0 Å². The van der Waals surface area contributed by atoms with Gasteiger partial charge in [0.25, 0.3) is 0 Å². The summed E-state index contributed by atoms with van der Waals surface area (Å²) >= 11 is 3.03. The highest BCUT2D eigenvalue weighted by atomic mass is 32.2. The molecule has 1 heterocycles. The molecule has 88 valence electrons. The summed E-state index contributed by atoms with van der Waals surface area (Å²) in [6, 6.07) is 12.1. The van der Waals surface area contributed by atoms with Gasteiger partial charge in [-0.15, -0.1) is 11.3 Å². The second-order valence-corrected chi connectivity index (χ2v) is 5.46. The molecule has 0 aliphatic heterocycles. The molecule has 0 atom stereocenters. The van der Waals surface area contributed by atoms with Crippen LogP contribution in [0.15, 0.2) is 41.8 Å². The van der Waals surface area contributed by atoms with Crippen molar-refractivity contribution >= 4 is 29.1 Å². The molecular weight excluding hydrogens is 252 g/mol. The summed E-state index contributed by atoms with van der Waals surface area (Å²) in [5.74, 6) is 0.839. The molecule has 0 bridgehead atoms. The number of rotatable bonds is 5. The van der Waals surface area contributed by atoms with Crippen LogP contribution in [0.1, 0.15) is 20.8 Å². The molecular formula is C13H12O2S2. The van der Waals surface area contributed by atoms with Crippen LogP contribution in [0.2, 0.25) is 0 Å². The maximum Gasteiger partial charge on any atom is 0.346 e. The Bertz CT molecular complexity index is 491. The van der Waals surface area contributed by atoms with Crippen molar-refractivity contribution in [2.75, 3.05) is 0 Å². The SMILES string of the molecule is O=C(O)c1sccc1CSCc1ccccc1. The Kier molecular flexibility index (Phi) is 4.23. The van der Waals surface area contributed by atoms with Gasteiger partial charge >= 0.3 is 5.97 Å². The van der Waals surface area contributed by atoms with E-state index in [1.807, 2.05) is 29.6 Å². The van der Waals surface area contributed by atoms with Gasteiger partial charge < -0.3 is 5.11 Å². The minimum atomic E-state index is -0.824. The van der Waals surface area contributed by atoms with E-state index in [4.69, 9.17) is 5.11 Å². The quantitative estimate of drug-likeness (QED) is 0.890. The lowest BCUT2D eigenvalue weighted by molar-refractivity contribution is 0.0701. The fourth-order valence-corrected chi connectivity index (χ4v) is 3.33. The lowest BCUT2D eigenvalue weighted by Crippen LogP contribution is -1.96. The van der Waals surface area contributed by atoms with Crippen LogP contribution in [0.3, 0.4) is 0 Å². The van der Waals surface area contributed by atoms with Crippen LogP contribution in [0.4, 0.5) is 0 Å². The minimum absolute atomic E-state index is 0.463. The lowest BCUT2D eigenvalue weighted by Gasteiger charge is -2.01. The van der Waals surface area contributed by atoms with Crippen molar-refractivity contribution in [3.05, 3.63) is 57.8 Å². The van der Waals surface area contributed by atoms with E-state index in [1.165, 1.54) is 16.9 Å². The maximum absolute atomic E-state index is 10.9. The van der Waals surface area contributed by atoms with E-state index in [2.05, 4.69) is 12.1 Å². The molecule has 0 aliphatic rings. The van der Waals surface area contributed by atoms with E-state index in [9.17, 15) is 4.79 Å². The van der Waals surface area contributed by atoms with Gasteiger partial charge in [0.1, 0.15) is 4.88 Å². The standard InChI is InChI=1S/C13H12O2S2/c14-13(15)12-11(6-7-17-12)9-16-8-10-4-2-1-3-5-10/h1-7H,8-9H2,(H,14,15). The largest absolute Gasteiger partial charge is 0.477 e. The van der Waals surface area contributed by atoms with Gasteiger partial charge in [0.05, 0.1) is 0 Å². The first-order valence-electron chi connectivity index (χ1n) is 5.18. The number of aromatic carboxylic acids is 1. The van der Waals surface area contributed by atoms with Crippen molar-refractivity contribution in [2.45, 2.75) is 11.5 Å². The Hall–Kier alpha value is -1.26. The molecule has 1 aromatic heterocycles. The van der Waals surface area contributed by atoms with Crippen LogP contribution in [0.5, 0.6) is 0 Å². The van der Waals surface area contributed by atoms with Gasteiger partial charge in [-0.2, -0.15) is 11.8 Å². The average Bonchev–Trinajstić information content (AvgIpc) is 2.79. The number of carboxylic acids is 1. The molecule has 2 nitrogen and oxygen atoms in total. The third-order valence-corrected chi connectivity index (χ3v) is 4.31. The highest BCUT2D eigenvalue weighted by molar-refractivity contribution is 7.97. The molecule has 0 saturated heterocycles. The highest BCUT2D eigenvalue weighted by Gasteiger charge is 2.10. The molecule has 17 heavy (non-hydrogen) atoms. The average molecular weight is 264 g/mol. The van der Waals surface area contributed by atoms with E-state index < -0.39 is 5.97 Å². The van der Waals surface area contributed by atoms with Crippen LogP contribution >= 0.6 is 23.1 Å². The monoisotopic (exact) mass is 264 g/mol. The van der Waals surface area contributed by atoms with Crippen LogP contribution in [0, 0.1) is 0 Å². The summed E-state index contributed by atoms with van der Waals surface area (Å²) in [4.78, 5) is 11.4. The number of carboxylic acid groups (broad SMARTS) is 1. The Balaban J connectivity index is 1.90. The third kappa shape index (κ3) is 3.35. The normalized spacial score (nSPS) is 10.4. The molecule has 0 saturated carbocycles. The van der Waals surface area contributed by atoms with Crippen molar-refractivity contribution in [1.29, 1.82) is 0 Å². The lowest BCUT2D eigenvalue weighted by atomic mass is 10.2. The summed E-state index contributed by atoms with van der Waals surface area (Å²) in [5.41, 5.74) is 2.19. The predicted molar refractivity (Wildman–Crippen MR) is 72.7 cm³/mol. The van der Waals surface area contributed by atoms with Gasteiger partial charge in [0.15, 0.2) is 0 Å². The topological polar surface area (TPSA) is 37.3 Å². The summed E-state index contributed by atoms with van der Waals surface area (Å²) in [5, 5.41) is 10.8. The predicted octanol–water partition coefficient (Wildman–Crippen LogP) is 3.88. The summed E-state index contributed by atoms with van der Waals surface area (Å²) in [6.45, 7) is 0. The molecule has 0 spiro atoms. The van der Waals surface area contributed by atoms with Crippen molar-refractivity contribution in [3.8, 4) is 0 Å². The van der Waals surface area contributed by atoms with E-state index in [-0.39, 0.29) is 0 Å². The molecule has 1 aromatic carbocycles. The highest BCUT2D eigenvalue weighted by Crippen LogP contribution is 2.24. The molecule has 0 fully saturated rings. The molecule has 4 heteroatoms. The first kappa shape index (κ1) is 12.2. The maximum atomic E-state index is 10.9. The Morgan fingerprint density at radius 1 is 1.18 bits per heavy atom. The molecule has 2 rings (SSSR count). The molecule has 0 amide bonds. The Morgan fingerprint density at radius 2 is 1.94 bits per heavy atom. The van der Waals surface area contributed by atoms with E-state index in [1.54, 1.807) is 11.8 Å². The zero-order valence-electron chi connectivity index (χ0n) is 9.13. The van der Waals surface area contributed by atoms with Crippen LogP contribution < -0.4 is 0 Å². The second-order valence-electron chi connectivity index (χ2n) is 3.56. The number of carbonyl (C=O) groups is 1. The van der Waals surface area contributed by atoms with E-state index in [0.29, 0.717) is 4.88 Å². The molecule has 0 unspecified atom stereocenters. The Morgan fingerprint density at radius 3 is 2.65 bits per heavy atom. The van der Waals surface area contributed by atoms with Gasteiger partial charge in [-0.1, -0.05) is 30.3 Å². The molecule has 0 radical (unpaired) electrons. The van der Waals surface area contributed by atoms with Gasteiger partial charge in [0.2, 0.25) is 0 Å². The Labute approximate surface area is 108 Å². The third-order valence-electron chi connectivity index (χ3n) is 2.31. The van der Waals surface area contributed by atoms with Crippen LogP contribution in [-0.2, 0) is 11.5 Å².